The lowest BCUT2D eigenvalue weighted by molar-refractivity contribution is -0.124. The molecule has 5 rings (SSSR count). The second-order valence-electron chi connectivity index (χ2n) is 11.5. The number of nitrogens with one attached hydrogen (secondary N) is 2. The van der Waals surface area contributed by atoms with E-state index in [1.807, 2.05) is 44.3 Å². The normalized spacial score (nSPS) is 16.4. The minimum absolute atomic E-state index is 0.0270. The van der Waals surface area contributed by atoms with Crippen molar-refractivity contribution in [3.63, 3.8) is 0 Å². The van der Waals surface area contributed by atoms with Crippen LogP contribution in [-0.2, 0) is 31.8 Å². The van der Waals surface area contributed by atoms with Crippen molar-refractivity contribution in [2.45, 2.75) is 82.0 Å². The smallest absolute Gasteiger partial charge is 0.240 e. The SMILES string of the molecule is CCNC(=O)[C@@H](C)CCCCNS(=O)(=O)c1ccc(Cl)c(COC2(c3cnccc3-c3ccccc3OC3CC3)CC2)c1. The van der Waals surface area contributed by atoms with Crippen LogP contribution in [0.25, 0.3) is 11.1 Å². The van der Waals surface area contributed by atoms with E-state index in [1.165, 1.54) is 6.07 Å². The molecule has 2 aliphatic rings. The lowest BCUT2D eigenvalue weighted by Crippen LogP contribution is -2.29. The fourth-order valence-electron chi connectivity index (χ4n) is 5.14. The van der Waals surface area contributed by atoms with Gasteiger partial charge in [0.25, 0.3) is 0 Å². The van der Waals surface area contributed by atoms with Gasteiger partial charge in [-0.05, 0) is 86.9 Å². The molecule has 0 saturated heterocycles. The molecule has 2 aliphatic carbocycles. The highest BCUT2D eigenvalue weighted by Gasteiger charge is 2.48. The van der Waals surface area contributed by atoms with E-state index in [1.54, 1.807) is 18.3 Å². The van der Waals surface area contributed by atoms with E-state index in [2.05, 4.69) is 21.1 Å². The van der Waals surface area contributed by atoms with Gasteiger partial charge in [-0.25, -0.2) is 13.1 Å². The highest BCUT2D eigenvalue weighted by molar-refractivity contribution is 7.89. The lowest BCUT2D eigenvalue weighted by Gasteiger charge is -2.22. The first-order valence-electron chi connectivity index (χ1n) is 15.1. The molecule has 230 valence electrons. The first-order chi connectivity index (χ1) is 20.7. The number of carbonyl (C=O) groups is 1. The Morgan fingerprint density at radius 1 is 1.12 bits per heavy atom. The summed E-state index contributed by atoms with van der Waals surface area (Å²) in [6.45, 7) is 4.83. The summed E-state index contributed by atoms with van der Waals surface area (Å²) in [5.41, 5.74) is 3.10. The van der Waals surface area contributed by atoms with Gasteiger partial charge in [-0.1, -0.05) is 43.1 Å². The molecule has 0 unspecified atom stereocenters. The van der Waals surface area contributed by atoms with E-state index >= 15 is 0 Å². The van der Waals surface area contributed by atoms with E-state index in [0.717, 1.165) is 54.5 Å². The van der Waals surface area contributed by atoms with Crippen LogP contribution in [-0.4, -0.2) is 38.5 Å². The van der Waals surface area contributed by atoms with Gasteiger partial charge in [-0.15, -0.1) is 0 Å². The molecule has 0 spiro atoms. The van der Waals surface area contributed by atoms with Gasteiger partial charge in [0.2, 0.25) is 15.9 Å². The summed E-state index contributed by atoms with van der Waals surface area (Å²) < 4.78 is 41.5. The van der Waals surface area contributed by atoms with Crippen molar-refractivity contribution in [3.05, 3.63) is 77.1 Å². The summed E-state index contributed by atoms with van der Waals surface area (Å²) in [5.74, 6) is 0.788. The predicted molar refractivity (Wildman–Crippen MR) is 167 cm³/mol. The minimum atomic E-state index is -3.74. The molecule has 0 radical (unpaired) electrons. The maximum Gasteiger partial charge on any atom is 0.240 e. The van der Waals surface area contributed by atoms with Gasteiger partial charge in [0.1, 0.15) is 5.75 Å². The number of pyridine rings is 1. The standard InChI is InChI=1S/C33H40ClN3O5S/c1-3-36-32(38)23(2)8-6-7-18-37-43(39,40)26-13-14-30(34)24(20-26)22-41-33(16-17-33)29-21-35-19-15-27(29)28-9-4-5-10-31(28)42-25-11-12-25/h4-5,9-10,13-15,19-21,23,25,37H,3,6-8,11-12,16-18,22H2,1-2H3,(H,36,38)/t23-/m0/s1. The molecular formula is C33H40ClN3O5S. The van der Waals surface area contributed by atoms with Gasteiger partial charge in [0.05, 0.1) is 23.2 Å². The number of unbranched alkanes of at least 4 members (excludes halogenated alkanes) is 1. The average Bonchev–Trinajstić information content (AvgIpc) is 3.94. The zero-order valence-corrected chi connectivity index (χ0v) is 26.3. The molecule has 2 N–H and O–H groups in total. The second-order valence-corrected chi connectivity index (χ2v) is 13.6. The molecule has 1 aromatic heterocycles. The highest BCUT2D eigenvalue weighted by Crippen LogP contribution is 2.53. The Bertz CT molecular complexity index is 1540. The summed E-state index contributed by atoms with van der Waals surface area (Å²) in [6, 6.07) is 14.8. The van der Waals surface area contributed by atoms with Gasteiger partial charge < -0.3 is 14.8 Å². The molecule has 1 amide bonds. The number of ether oxygens (including phenoxy) is 2. The number of hydrogen-bond acceptors (Lipinski definition) is 6. The Balaban J connectivity index is 1.23. The number of aromatic nitrogens is 1. The van der Waals surface area contributed by atoms with Crippen molar-refractivity contribution in [1.29, 1.82) is 0 Å². The summed E-state index contributed by atoms with van der Waals surface area (Å²) in [4.78, 5) is 16.4. The number of hydrogen-bond donors (Lipinski definition) is 2. The van der Waals surface area contributed by atoms with Crippen LogP contribution in [0.3, 0.4) is 0 Å². The third-order valence-corrected chi connectivity index (χ3v) is 9.82. The van der Waals surface area contributed by atoms with Crippen molar-refractivity contribution in [2.75, 3.05) is 13.1 Å². The quantitative estimate of drug-likeness (QED) is 0.179. The van der Waals surface area contributed by atoms with E-state index in [9.17, 15) is 13.2 Å². The zero-order valence-electron chi connectivity index (χ0n) is 24.8. The van der Waals surface area contributed by atoms with Crippen molar-refractivity contribution < 1.29 is 22.7 Å². The van der Waals surface area contributed by atoms with Crippen molar-refractivity contribution in [2.24, 2.45) is 5.92 Å². The lowest BCUT2D eigenvalue weighted by atomic mass is 9.96. The Morgan fingerprint density at radius 3 is 2.65 bits per heavy atom. The van der Waals surface area contributed by atoms with Crippen LogP contribution < -0.4 is 14.8 Å². The first-order valence-corrected chi connectivity index (χ1v) is 17.0. The molecule has 0 bridgehead atoms. The minimum Gasteiger partial charge on any atom is -0.490 e. The van der Waals surface area contributed by atoms with Crippen LogP contribution in [0, 0.1) is 5.92 Å². The number of carbonyl (C=O) groups excluding carboxylic acids is 1. The molecule has 3 aromatic rings. The van der Waals surface area contributed by atoms with Gasteiger partial charge in [-0.3, -0.25) is 9.78 Å². The maximum absolute atomic E-state index is 13.1. The number of sulfonamides is 1. The van der Waals surface area contributed by atoms with Crippen LogP contribution in [0.5, 0.6) is 5.75 Å². The monoisotopic (exact) mass is 625 g/mol. The van der Waals surface area contributed by atoms with Crippen LogP contribution in [0.1, 0.15) is 69.9 Å². The van der Waals surface area contributed by atoms with Gasteiger partial charge in [-0.2, -0.15) is 0 Å². The molecule has 10 heteroatoms. The molecule has 1 atom stereocenters. The summed E-state index contributed by atoms with van der Waals surface area (Å²) in [6.07, 6.45) is 9.82. The molecule has 2 saturated carbocycles. The van der Waals surface area contributed by atoms with Crippen LogP contribution in [0.15, 0.2) is 65.8 Å². The average molecular weight is 626 g/mol. The van der Waals surface area contributed by atoms with E-state index in [-0.39, 0.29) is 36.0 Å². The van der Waals surface area contributed by atoms with Gasteiger partial charge in [0.15, 0.2) is 0 Å². The van der Waals surface area contributed by atoms with Crippen molar-refractivity contribution in [1.82, 2.24) is 15.0 Å². The maximum atomic E-state index is 13.1. The largest absolute Gasteiger partial charge is 0.490 e. The zero-order chi connectivity index (χ0) is 30.5. The number of amides is 1. The topological polar surface area (TPSA) is 107 Å². The van der Waals surface area contributed by atoms with E-state index in [0.29, 0.717) is 30.0 Å². The summed E-state index contributed by atoms with van der Waals surface area (Å²) in [7, 11) is -3.74. The molecule has 1 heterocycles. The Hall–Kier alpha value is -2.98. The Morgan fingerprint density at radius 2 is 1.91 bits per heavy atom. The van der Waals surface area contributed by atoms with Gasteiger partial charge >= 0.3 is 0 Å². The second kappa shape index (κ2) is 13.8. The number of halogens is 1. The van der Waals surface area contributed by atoms with E-state index in [4.69, 9.17) is 21.1 Å². The number of para-hydroxylation sites is 1. The number of benzene rings is 2. The molecule has 2 aromatic carbocycles. The Kier molecular flexibility index (Phi) is 10.1. The number of rotatable bonds is 16. The third-order valence-electron chi connectivity index (χ3n) is 8.00. The number of nitrogens with zero attached hydrogens (tertiary/aromatic N) is 1. The third kappa shape index (κ3) is 7.95. The molecule has 2 fully saturated rings. The molecule has 43 heavy (non-hydrogen) atoms. The Labute approximate surface area is 259 Å². The summed E-state index contributed by atoms with van der Waals surface area (Å²) in [5, 5.41) is 3.26. The van der Waals surface area contributed by atoms with Crippen LogP contribution in [0.2, 0.25) is 5.02 Å². The first kappa shape index (κ1) is 31.4. The van der Waals surface area contributed by atoms with Gasteiger partial charge in [0, 0.05) is 47.6 Å². The fourth-order valence-corrected chi connectivity index (χ4v) is 6.44. The predicted octanol–water partition coefficient (Wildman–Crippen LogP) is 6.37. The highest BCUT2D eigenvalue weighted by atomic mass is 35.5. The van der Waals surface area contributed by atoms with Crippen molar-refractivity contribution in [3.8, 4) is 16.9 Å². The molecule has 0 aliphatic heterocycles. The van der Waals surface area contributed by atoms with Crippen LogP contribution in [0.4, 0.5) is 0 Å². The summed E-state index contributed by atoms with van der Waals surface area (Å²) >= 11 is 6.51. The van der Waals surface area contributed by atoms with Crippen molar-refractivity contribution >= 4 is 27.5 Å². The molecule has 8 nitrogen and oxygen atoms in total. The molecular weight excluding hydrogens is 586 g/mol. The van der Waals surface area contributed by atoms with E-state index < -0.39 is 15.6 Å². The fraction of sp³-hybridized carbons (Fsp3) is 0.455. The van der Waals surface area contributed by atoms with Crippen LogP contribution >= 0.6 is 11.6 Å².